The summed E-state index contributed by atoms with van der Waals surface area (Å²) in [6.07, 6.45) is 2.85. The predicted molar refractivity (Wildman–Crippen MR) is 90.2 cm³/mol. The van der Waals surface area contributed by atoms with E-state index in [9.17, 15) is 0 Å². The van der Waals surface area contributed by atoms with E-state index in [-0.39, 0.29) is 63.1 Å². The number of ether oxygens (including phenoxy) is 1. The van der Waals surface area contributed by atoms with Gasteiger partial charge in [0.15, 0.2) is 0 Å². The van der Waals surface area contributed by atoms with Crippen molar-refractivity contribution in [3.63, 3.8) is 0 Å². The summed E-state index contributed by atoms with van der Waals surface area (Å²) in [5.74, 6) is 0. The third-order valence-corrected chi connectivity index (χ3v) is 2.18. The van der Waals surface area contributed by atoms with Crippen LogP contribution in [0.2, 0.25) is 0 Å². The Kier molecular flexibility index (Phi) is 102. The Labute approximate surface area is 138 Å². The van der Waals surface area contributed by atoms with Gasteiger partial charge in [-0.1, -0.05) is 0 Å². The van der Waals surface area contributed by atoms with Crippen molar-refractivity contribution in [3.8, 4) is 0 Å². The van der Waals surface area contributed by atoms with Crippen LogP contribution in [0.1, 0.15) is 12.8 Å². The number of hydrogen-bond acceptors (Lipinski definition) is 3. The van der Waals surface area contributed by atoms with Crippen LogP contribution in [0.4, 0.5) is 0 Å². The lowest BCUT2D eigenvalue weighted by molar-refractivity contribution is 0.0256. The molecular weight excluding hydrogens is 335 g/mol. The summed E-state index contributed by atoms with van der Waals surface area (Å²) in [6, 6.07) is 0. The maximum absolute atomic E-state index is 5.71. The second kappa shape index (κ2) is 36.9. The van der Waals surface area contributed by atoms with E-state index < -0.39 is 0 Å². The van der Waals surface area contributed by atoms with E-state index in [1.54, 1.807) is 0 Å². The van der Waals surface area contributed by atoms with Crippen molar-refractivity contribution in [1.29, 1.82) is 0 Å². The minimum Gasteiger partial charge on any atom is -0.412 e. The molecule has 1 fully saturated rings. The number of hydrogen-bond donors (Lipinski definition) is 1. The molecule has 1 rings (SSSR count). The van der Waals surface area contributed by atoms with Gasteiger partial charge in [0, 0.05) is 6.54 Å². The number of likely N-dealkylation sites (N-methyl/N-ethyl adjacent to an activating group) is 1. The van der Waals surface area contributed by atoms with Gasteiger partial charge in [-0.15, -0.1) is 24.8 Å². The largest absolute Gasteiger partial charge is 0.412 e. The second-order valence-electron chi connectivity index (χ2n) is 3.62. The van der Waals surface area contributed by atoms with Crippen LogP contribution >= 0.6 is 24.8 Å². The zero-order valence-electron chi connectivity index (χ0n) is 12.5. The molecule has 0 saturated carbocycles. The van der Waals surface area contributed by atoms with Gasteiger partial charge in [0.2, 0.25) is 0 Å². The fourth-order valence-electron chi connectivity index (χ4n) is 1.36. The zero-order chi connectivity index (χ0) is 8.81. The van der Waals surface area contributed by atoms with E-state index >= 15 is 0 Å². The highest BCUT2D eigenvalue weighted by atomic mass is 35.5. The van der Waals surface area contributed by atoms with Crippen molar-refractivity contribution in [3.05, 3.63) is 0 Å². The van der Waals surface area contributed by atoms with E-state index in [0.717, 1.165) is 26.2 Å². The molecule has 1 heterocycles. The topological polar surface area (TPSA) is 245 Å². The summed E-state index contributed by atoms with van der Waals surface area (Å²) in [5, 5.41) is 3.32. The number of halogens is 2. The van der Waals surface area contributed by atoms with Crippen LogP contribution in [-0.4, -0.2) is 89.7 Å². The molecule has 0 spiro atoms. The van der Waals surface area contributed by atoms with Crippen LogP contribution in [-0.2, 0) is 4.74 Å². The van der Waals surface area contributed by atoms with E-state index in [1.807, 2.05) is 0 Å². The van der Waals surface area contributed by atoms with E-state index in [2.05, 4.69) is 24.3 Å². The molecular formula is C9H36Cl2N2O8. The summed E-state index contributed by atoms with van der Waals surface area (Å²) in [7, 11) is 4.15. The average molecular weight is 371 g/mol. The molecule has 15 N–H and O–H groups in total. The fraction of sp³-hybridized carbons (Fsp3) is 1.00. The third-order valence-electron chi connectivity index (χ3n) is 2.18. The molecule has 0 aromatic rings. The fourth-order valence-corrected chi connectivity index (χ4v) is 1.36. The van der Waals surface area contributed by atoms with Crippen molar-refractivity contribution in [2.45, 2.75) is 18.9 Å². The van der Waals surface area contributed by atoms with Gasteiger partial charge >= 0.3 is 0 Å². The van der Waals surface area contributed by atoms with Crippen molar-refractivity contribution in [1.82, 2.24) is 10.2 Å². The van der Waals surface area contributed by atoms with Crippen LogP contribution < -0.4 is 5.32 Å². The van der Waals surface area contributed by atoms with Crippen LogP contribution in [0.25, 0.3) is 0 Å². The summed E-state index contributed by atoms with van der Waals surface area (Å²) in [5.41, 5.74) is 0. The molecule has 10 nitrogen and oxygen atoms in total. The Hall–Kier alpha value is 0.180. The Bertz CT molecular complexity index is 134. The van der Waals surface area contributed by atoms with Crippen molar-refractivity contribution < 1.29 is 43.1 Å². The lowest BCUT2D eigenvalue weighted by atomic mass is 10.1. The molecule has 0 atom stereocenters. The molecule has 0 bridgehead atoms. The Morgan fingerprint density at radius 2 is 1.24 bits per heavy atom. The molecule has 0 aliphatic carbocycles. The van der Waals surface area contributed by atoms with E-state index in [1.165, 1.54) is 12.8 Å². The Balaban J connectivity index is -0.0000000229. The van der Waals surface area contributed by atoms with Crippen LogP contribution in [0.15, 0.2) is 0 Å². The Morgan fingerprint density at radius 1 is 0.857 bits per heavy atom. The smallest absolute Gasteiger partial charge is 0.0600 e. The van der Waals surface area contributed by atoms with Crippen molar-refractivity contribution in [2.24, 2.45) is 0 Å². The van der Waals surface area contributed by atoms with Gasteiger partial charge < -0.3 is 53.3 Å². The molecule has 0 radical (unpaired) electrons. The number of rotatable bonds is 4. The average Bonchev–Trinajstić information content (AvgIpc) is 2.05. The maximum Gasteiger partial charge on any atom is 0.0600 e. The van der Waals surface area contributed by atoms with Crippen molar-refractivity contribution >= 4 is 24.8 Å². The first-order valence-electron chi connectivity index (χ1n) is 4.76. The molecule has 12 heteroatoms. The van der Waals surface area contributed by atoms with Gasteiger partial charge in [-0.25, -0.2) is 0 Å². The van der Waals surface area contributed by atoms with Crippen molar-refractivity contribution in [2.75, 3.05) is 40.3 Å². The lowest BCUT2D eigenvalue weighted by Crippen LogP contribution is -2.33. The second-order valence-corrected chi connectivity index (χ2v) is 3.62. The molecule has 1 aliphatic heterocycles. The quantitative estimate of drug-likeness (QED) is 0.512. The lowest BCUT2D eigenvalue weighted by Gasteiger charge is -2.23. The summed E-state index contributed by atoms with van der Waals surface area (Å²) < 4.78 is 5.71. The minimum atomic E-state index is 0. The van der Waals surface area contributed by atoms with Gasteiger partial charge in [-0.3, -0.25) is 0 Å². The molecule has 21 heavy (non-hydrogen) atoms. The molecule has 1 aliphatic rings. The molecule has 0 aromatic carbocycles. The first-order valence-corrected chi connectivity index (χ1v) is 4.76. The highest BCUT2D eigenvalue weighted by Crippen LogP contribution is 2.06. The highest BCUT2D eigenvalue weighted by molar-refractivity contribution is 5.85. The zero-order valence-corrected chi connectivity index (χ0v) is 14.1. The van der Waals surface area contributed by atoms with Gasteiger partial charge in [-0.05, 0) is 40.0 Å². The van der Waals surface area contributed by atoms with Crippen LogP contribution in [0, 0.1) is 0 Å². The first-order chi connectivity index (χ1) is 5.79. The normalized spacial score (nSPS) is 11.6. The SMILES string of the molecule is CN(C)CCOC1CCNCC1.Cl.Cl.O.O.O.O.O.O.O. The van der Waals surface area contributed by atoms with E-state index in [0.29, 0.717) is 6.10 Å². The predicted octanol–water partition coefficient (Wildman–Crippen LogP) is -4.61. The van der Waals surface area contributed by atoms with Gasteiger partial charge in [-0.2, -0.15) is 0 Å². The number of nitrogens with one attached hydrogen (secondary N) is 1. The molecule has 0 aromatic heterocycles. The maximum atomic E-state index is 5.71. The number of piperidine rings is 1. The minimum absolute atomic E-state index is 0. The third kappa shape index (κ3) is 33.2. The summed E-state index contributed by atoms with van der Waals surface area (Å²) in [4.78, 5) is 2.15. The van der Waals surface area contributed by atoms with Gasteiger partial charge in [0.05, 0.1) is 12.7 Å². The number of nitrogens with zero attached hydrogens (tertiary/aromatic N) is 1. The summed E-state index contributed by atoms with van der Waals surface area (Å²) >= 11 is 0. The van der Waals surface area contributed by atoms with Crippen LogP contribution in [0.3, 0.4) is 0 Å². The van der Waals surface area contributed by atoms with Gasteiger partial charge in [0.1, 0.15) is 0 Å². The molecule has 0 unspecified atom stereocenters. The molecule has 144 valence electrons. The Morgan fingerprint density at radius 3 is 1.57 bits per heavy atom. The van der Waals surface area contributed by atoms with Crippen LogP contribution in [0.5, 0.6) is 0 Å². The highest BCUT2D eigenvalue weighted by Gasteiger charge is 2.12. The molecule has 1 saturated heterocycles. The first kappa shape index (κ1) is 58.1. The molecule has 0 amide bonds. The summed E-state index contributed by atoms with van der Waals surface area (Å²) in [6.45, 7) is 4.14. The van der Waals surface area contributed by atoms with Gasteiger partial charge in [0.25, 0.3) is 0 Å². The van der Waals surface area contributed by atoms with E-state index in [4.69, 9.17) is 4.74 Å². The standard InChI is InChI=1S/C9H20N2O.2ClH.7H2O/c1-11(2)7-8-12-9-3-5-10-6-4-9;;;;;;;;;/h9-10H,3-8H2,1-2H3;2*1H;7*1H2. The monoisotopic (exact) mass is 370 g/mol.